The molecular formula is C23H27N5O4S. The summed E-state index contributed by atoms with van der Waals surface area (Å²) in [6, 6.07) is 5.71. The number of aryl methyl sites for hydroxylation is 1. The van der Waals surface area contributed by atoms with Crippen LogP contribution in [0.4, 0.5) is 11.4 Å². The molecule has 1 aliphatic heterocycles. The molecule has 0 spiro atoms. The van der Waals surface area contributed by atoms with E-state index in [1.807, 2.05) is 12.1 Å². The molecule has 0 radical (unpaired) electrons. The number of methoxy groups -OCH3 is 1. The van der Waals surface area contributed by atoms with Gasteiger partial charge in [0.15, 0.2) is 10.8 Å². The molecule has 3 heterocycles. The molecule has 4 rings (SSSR count). The van der Waals surface area contributed by atoms with Crippen molar-refractivity contribution in [3.8, 4) is 5.75 Å². The van der Waals surface area contributed by atoms with Crippen LogP contribution in [-0.4, -0.2) is 64.8 Å². The molecule has 174 valence electrons. The summed E-state index contributed by atoms with van der Waals surface area (Å²) in [5.74, 6) is 1.22. The van der Waals surface area contributed by atoms with E-state index in [0.29, 0.717) is 30.1 Å². The Labute approximate surface area is 196 Å². The molecule has 0 unspecified atom stereocenters. The van der Waals surface area contributed by atoms with Crippen LogP contribution >= 0.6 is 11.8 Å². The first-order chi connectivity index (χ1) is 16.1. The third-order valence-corrected chi connectivity index (χ3v) is 6.32. The smallest absolute Gasteiger partial charge is 0.261 e. The summed E-state index contributed by atoms with van der Waals surface area (Å²) in [4.78, 5) is 30.9. The van der Waals surface area contributed by atoms with Crippen molar-refractivity contribution in [2.24, 2.45) is 0 Å². The van der Waals surface area contributed by atoms with Gasteiger partial charge in [0.25, 0.3) is 5.91 Å². The standard InChI is InChI=1S/C23H27N5O4S/c1-16(29)33-12-3-5-17-13-19(20(14-21(17)31-2)27-8-10-32-11-9-27)26-23(30)18-15-25-28-7-4-6-24-22(18)28/h4,6-7,13-15H,3,5,8-12H2,1-2H3,(H,26,30). The molecule has 9 nitrogen and oxygen atoms in total. The largest absolute Gasteiger partial charge is 0.496 e. The van der Waals surface area contributed by atoms with E-state index in [1.165, 1.54) is 18.0 Å². The fourth-order valence-electron chi connectivity index (χ4n) is 3.82. The van der Waals surface area contributed by atoms with Gasteiger partial charge in [-0.05, 0) is 30.5 Å². The minimum absolute atomic E-state index is 0.111. The fraction of sp³-hybridized carbons (Fsp3) is 0.391. The Kier molecular flexibility index (Phi) is 7.46. The number of hydrogen-bond donors (Lipinski definition) is 1. The molecule has 0 saturated carbocycles. The molecular weight excluding hydrogens is 442 g/mol. The maximum absolute atomic E-state index is 13.2. The van der Waals surface area contributed by atoms with Crippen LogP contribution in [0.3, 0.4) is 0 Å². The number of fused-ring (bicyclic) bond motifs is 1. The predicted octanol–water partition coefficient (Wildman–Crippen LogP) is 3.04. The number of carbonyl (C=O) groups is 2. The first-order valence-electron chi connectivity index (χ1n) is 10.8. The highest BCUT2D eigenvalue weighted by molar-refractivity contribution is 8.13. The second-order valence-electron chi connectivity index (χ2n) is 7.62. The molecule has 2 aromatic heterocycles. The molecule has 0 atom stereocenters. The monoisotopic (exact) mass is 469 g/mol. The van der Waals surface area contributed by atoms with E-state index in [2.05, 4.69) is 20.3 Å². The molecule has 0 aliphatic carbocycles. The van der Waals surface area contributed by atoms with Gasteiger partial charge in [-0.1, -0.05) is 11.8 Å². The van der Waals surface area contributed by atoms with Gasteiger partial charge in [0.2, 0.25) is 0 Å². The highest BCUT2D eigenvalue weighted by Crippen LogP contribution is 2.35. The predicted molar refractivity (Wildman–Crippen MR) is 128 cm³/mol. The molecule has 0 bridgehead atoms. The zero-order valence-corrected chi connectivity index (χ0v) is 19.6. The number of rotatable bonds is 8. The number of benzene rings is 1. The Balaban J connectivity index is 1.64. The van der Waals surface area contributed by atoms with Crippen LogP contribution in [0.2, 0.25) is 0 Å². The van der Waals surface area contributed by atoms with Gasteiger partial charge < -0.3 is 19.7 Å². The van der Waals surface area contributed by atoms with Gasteiger partial charge in [-0.3, -0.25) is 9.59 Å². The number of thioether (sulfide) groups is 1. The summed E-state index contributed by atoms with van der Waals surface area (Å²) < 4.78 is 12.8. The van der Waals surface area contributed by atoms with Crippen LogP contribution in [0.25, 0.3) is 5.65 Å². The SMILES string of the molecule is COc1cc(N2CCOCC2)c(NC(=O)c2cnn3cccnc23)cc1CCCSC(C)=O. The van der Waals surface area contributed by atoms with Gasteiger partial charge in [-0.25, -0.2) is 9.50 Å². The maximum Gasteiger partial charge on any atom is 0.261 e. The van der Waals surface area contributed by atoms with Crippen molar-refractivity contribution in [1.82, 2.24) is 14.6 Å². The summed E-state index contributed by atoms with van der Waals surface area (Å²) in [5.41, 5.74) is 3.46. The topological polar surface area (TPSA) is 98.1 Å². The average molecular weight is 470 g/mol. The maximum atomic E-state index is 13.2. The molecule has 1 amide bonds. The average Bonchev–Trinajstić information content (AvgIpc) is 3.27. The minimum Gasteiger partial charge on any atom is -0.496 e. The van der Waals surface area contributed by atoms with E-state index in [1.54, 1.807) is 37.0 Å². The summed E-state index contributed by atoms with van der Waals surface area (Å²) >= 11 is 1.32. The fourth-order valence-corrected chi connectivity index (χ4v) is 4.40. The molecule has 1 N–H and O–H groups in total. The second kappa shape index (κ2) is 10.7. The quantitative estimate of drug-likeness (QED) is 0.503. The van der Waals surface area contributed by atoms with Crippen molar-refractivity contribution in [3.63, 3.8) is 0 Å². The van der Waals surface area contributed by atoms with Gasteiger partial charge in [0, 0.05) is 44.2 Å². The number of nitrogens with zero attached hydrogens (tertiary/aromatic N) is 4. The van der Waals surface area contributed by atoms with Crippen molar-refractivity contribution in [2.45, 2.75) is 19.8 Å². The van der Waals surface area contributed by atoms with Crippen LogP contribution in [0.15, 0.2) is 36.8 Å². The highest BCUT2D eigenvalue weighted by atomic mass is 32.2. The Morgan fingerprint density at radius 1 is 1.27 bits per heavy atom. The lowest BCUT2D eigenvalue weighted by Crippen LogP contribution is -2.36. The second-order valence-corrected chi connectivity index (χ2v) is 8.90. The lowest BCUT2D eigenvalue weighted by molar-refractivity contribution is -0.109. The van der Waals surface area contributed by atoms with Crippen molar-refractivity contribution in [3.05, 3.63) is 47.9 Å². The van der Waals surface area contributed by atoms with Gasteiger partial charge in [0.1, 0.15) is 11.3 Å². The zero-order chi connectivity index (χ0) is 23.2. The number of ether oxygens (including phenoxy) is 2. The van der Waals surface area contributed by atoms with E-state index in [0.717, 1.165) is 48.7 Å². The van der Waals surface area contributed by atoms with Crippen LogP contribution in [0.5, 0.6) is 5.75 Å². The lowest BCUT2D eigenvalue weighted by atomic mass is 10.1. The Bertz CT molecular complexity index is 1140. The van der Waals surface area contributed by atoms with Crippen LogP contribution in [-0.2, 0) is 16.0 Å². The van der Waals surface area contributed by atoms with Crippen LogP contribution in [0, 0.1) is 0 Å². The van der Waals surface area contributed by atoms with Crippen molar-refractivity contribution in [2.75, 3.05) is 49.4 Å². The first-order valence-corrected chi connectivity index (χ1v) is 11.8. The number of morpholine rings is 1. The van der Waals surface area contributed by atoms with E-state index in [9.17, 15) is 9.59 Å². The molecule has 1 aliphatic rings. The first kappa shape index (κ1) is 23.1. The Morgan fingerprint density at radius 3 is 2.85 bits per heavy atom. The third-order valence-electron chi connectivity index (χ3n) is 5.42. The third kappa shape index (κ3) is 5.45. The molecule has 3 aromatic rings. The van der Waals surface area contributed by atoms with Gasteiger partial charge in [-0.15, -0.1) is 0 Å². The summed E-state index contributed by atoms with van der Waals surface area (Å²) in [5, 5.41) is 7.40. The van der Waals surface area contributed by atoms with E-state index >= 15 is 0 Å². The lowest BCUT2D eigenvalue weighted by Gasteiger charge is -2.31. The van der Waals surface area contributed by atoms with E-state index in [4.69, 9.17) is 9.47 Å². The zero-order valence-electron chi connectivity index (χ0n) is 18.7. The van der Waals surface area contributed by atoms with Crippen molar-refractivity contribution < 1.29 is 19.1 Å². The molecule has 1 fully saturated rings. The summed E-state index contributed by atoms with van der Waals surface area (Å²) in [6.45, 7) is 4.26. The van der Waals surface area contributed by atoms with Crippen molar-refractivity contribution >= 4 is 39.8 Å². The van der Waals surface area contributed by atoms with Gasteiger partial charge in [0.05, 0.1) is 37.9 Å². The molecule has 33 heavy (non-hydrogen) atoms. The normalized spacial score (nSPS) is 13.8. The molecule has 10 heteroatoms. The number of amides is 1. The number of nitrogens with one attached hydrogen (secondary N) is 1. The summed E-state index contributed by atoms with van der Waals surface area (Å²) in [7, 11) is 1.65. The van der Waals surface area contributed by atoms with E-state index in [-0.39, 0.29) is 11.0 Å². The number of aromatic nitrogens is 3. The van der Waals surface area contributed by atoms with Crippen molar-refractivity contribution in [1.29, 1.82) is 0 Å². The number of anilines is 2. The van der Waals surface area contributed by atoms with Crippen LogP contribution < -0.4 is 15.0 Å². The number of hydrogen-bond acceptors (Lipinski definition) is 8. The minimum atomic E-state index is -0.276. The Hall–Kier alpha value is -3.11. The highest BCUT2D eigenvalue weighted by Gasteiger charge is 2.21. The van der Waals surface area contributed by atoms with Gasteiger partial charge in [-0.2, -0.15) is 5.10 Å². The van der Waals surface area contributed by atoms with Crippen LogP contribution in [0.1, 0.15) is 29.3 Å². The number of carbonyl (C=O) groups excluding carboxylic acids is 2. The Morgan fingerprint density at radius 2 is 2.09 bits per heavy atom. The molecule has 1 saturated heterocycles. The molecule has 1 aromatic carbocycles. The van der Waals surface area contributed by atoms with Gasteiger partial charge >= 0.3 is 0 Å². The summed E-state index contributed by atoms with van der Waals surface area (Å²) in [6.07, 6.45) is 6.46. The van der Waals surface area contributed by atoms with E-state index < -0.39 is 0 Å².